The second kappa shape index (κ2) is 7.52. The Bertz CT molecular complexity index is 380. The quantitative estimate of drug-likeness (QED) is 0.790. The van der Waals surface area contributed by atoms with Crippen LogP contribution in [0.4, 0.5) is 0 Å². The number of aliphatic carboxylic acids is 1. The molecule has 0 spiro atoms. The van der Waals surface area contributed by atoms with Gasteiger partial charge in [0.2, 0.25) is 5.91 Å². The Labute approximate surface area is 131 Å². The minimum Gasteiger partial charge on any atom is -0.481 e. The molecule has 0 aromatic carbocycles. The highest BCUT2D eigenvalue weighted by Gasteiger charge is 2.41. The zero-order valence-corrected chi connectivity index (χ0v) is 13.7. The van der Waals surface area contributed by atoms with Gasteiger partial charge in [0.25, 0.3) is 0 Å². The molecule has 0 aliphatic heterocycles. The molecule has 4 nitrogen and oxygen atoms in total. The number of hydrogen-bond acceptors (Lipinski definition) is 3. The van der Waals surface area contributed by atoms with E-state index in [1.165, 1.54) is 0 Å². The Hall–Kier alpha value is -0.710. The first-order valence-corrected chi connectivity index (χ1v) is 9.25. The van der Waals surface area contributed by atoms with Gasteiger partial charge >= 0.3 is 5.97 Å². The molecule has 0 aromatic rings. The summed E-state index contributed by atoms with van der Waals surface area (Å²) in [5.41, 5.74) is -0.807. The average molecular weight is 313 g/mol. The number of amides is 1. The van der Waals surface area contributed by atoms with Gasteiger partial charge in [0.15, 0.2) is 0 Å². The number of hydrogen-bond donors (Lipinski definition) is 2. The van der Waals surface area contributed by atoms with E-state index in [1.807, 2.05) is 11.8 Å². The summed E-state index contributed by atoms with van der Waals surface area (Å²) in [5.74, 6) is 0.266. The minimum absolute atomic E-state index is 0.0635. The highest BCUT2D eigenvalue weighted by Crippen LogP contribution is 2.40. The maximum Gasteiger partial charge on any atom is 0.310 e. The van der Waals surface area contributed by atoms with Crippen LogP contribution in [0.3, 0.4) is 0 Å². The van der Waals surface area contributed by atoms with Crippen molar-refractivity contribution in [1.29, 1.82) is 0 Å². The van der Waals surface area contributed by atoms with Gasteiger partial charge in [-0.2, -0.15) is 11.8 Å². The lowest BCUT2D eigenvalue weighted by atomic mass is 9.71. The molecule has 0 bridgehead atoms. The fourth-order valence-corrected chi connectivity index (χ4v) is 4.88. The van der Waals surface area contributed by atoms with Crippen LogP contribution in [0.2, 0.25) is 0 Å². The van der Waals surface area contributed by atoms with E-state index in [9.17, 15) is 14.7 Å². The van der Waals surface area contributed by atoms with Gasteiger partial charge in [-0.15, -0.1) is 0 Å². The SMILES string of the molecule is CCSC1CCC(NC(=O)CC2(C(=O)O)CCCCC2)C1. The monoisotopic (exact) mass is 313 g/mol. The summed E-state index contributed by atoms with van der Waals surface area (Å²) in [6.45, 7) is 2.16. The second-order valence-corrected chi connectivity index (χ2v) is 8.06. The van der Waals surface area contributed by atoms with Crippen LogP contribution in [0, 0.1) is 5.41 Å². The van der Waals surface area contributed by atoms with Crippen LogP contribution in [0.25, 0.3) is 0 Å². The fourth-order valence-electron chi connectivity index (χ4n) is 3.74. The molecule has 2 fully saturated rings. The number of nitrogens with one attached hydrogen (secondary N) is 1. The molecule has 21 heavy (non-hydrogen) atoms. The van der Waals surface area contributed by atoms with Gasteiger partial charge in [-0.25, -0.2) is 0 Å². The molecule has 5 heteroatoms. The molecule has 120 valence electrons. The summed E-state index contributed by atoms with van der Waals surface area (Å²) in [7, 11) is 0. The van der Waals surface area contributed by atoms with Gasteiger partial charge in [-0.1, -0.05) is 26.2 Å². The van der Waals surface area contributed by atoms with E-state index in [1.54, 1.807) is 0 Å². The number of carboxylic acid groups (broad SMARTS) is 1. The Kier molecular flexibility index (Phi) is 5.97. The first-order chi connectivity index (χ1) is 10.1. The number of carbonyl (C=O) groups excluding carboxylic acids is 1. The standard InChI is InChI=1S/C16H27NO3S/c1-2-21-13-7-6-12(10-13)17-14(18)11-16(15(19)20)8-4-3-5-9-16/h12-13H,2-11H2,1H3,(H,17,18)(H,19,20). The summed E-state index contributed by atoms with van der Waals surface area (Å²) < 4.78 is 0. The van der Waals surface area contributed by atoms with Gasteiger partial charge in [0.1, 0.15) is 0 Å². The number of rotatable bonds is 6. The molecule has 1 amide bonds. The summed E-state index contributed by atoms with van der Waals surface area (Å²) >= 11 is 1.96. The third-order valence-corrected chi connectivity index (χ3v) is 6.15. The highest BCUT2D eigenvalue weighted by molar-refractivity contribution is 7.99. The zero-order valence-electron chi connectivity index (χ0n) is 12.9. The molecule has 2 aliphatic rings. The van der Waals surface area contributed by atoms with Gasteiger partial charge in [-0.3, -0.25) is 9.59 Å². The lowest BCUT2D eigenvalue weighted by Gasteiger charge is -2.32. The largest absolute Gasteiger partial charge is 0.481 e. The van der Waals surface area contributed by atoms with Gasteiger partial charge in [0.05, 0.1) is 5.41 Å². The van der Waals surface area contributed by atoms with E-state index in [-0.39, 0.29) is 18.4 Å². The third-order valence-electron chi connectivity index (χ3n) is 4.92. The topological polar surface area (TPSA) is 66.4 Å². The second-order valence-electron chi connectivity index (χ2n) is 6.48. The van der Waals surface area contributed by atoms with Crippen molar-refractivity contribution in [2.24, 2.45) is 5.41 Å². The molecule has 2 rings (SSSR count). The van der Waals surface area contributed by atoms with E-state index in [2.05, 4.69) is 12.2 Å². The highest BCUT2D eigenvalue weighted by atomic mass is 32.2. The van der Waals surface area contributed by atoms with Gasteiger partial charge in [-0.05, 0) is 37.9 Å². The van der Waals surface area contributed by atoms with Crippen LogP contribution < -0.4 is 5.32 Å². The van der Waals surface area contributed by atoms with Crippen LogP contribution in [0.15, 0.2) is 0 Å². The van der Waals surface area contributed by atoms with Crippen molar-refractivity contribution in [2.45, 2.75) is 76.0 Å². The maximum atomic E-state index is 12.3. The van der Waals surface area contributed by atoms with Crippen LogP contribution in [-0.2, 0) is 9.59 Å². The summed E-state index contributed by atoms with van der Waals surface area (Å²) in [4.78, 5) is 23.9. The zero-order chi connectivity index (χ0) is 15.3. The summed E-state index contributed by atoms with van der Waals surface area (Å²) in [5, 5.41) is 13.3. The van der Waals surface area contributed by atoms with Crippen LogP contribution >= 0.6 is 11.8 Å². The van der Waals surface area contributed by atoms with E-state index in [0.717, 1.165) is 44.3 Å². The van der Waals surface area contributed by atoms with E-state index in [0.29, 0.717) is 18.1 Å². The molecule has 2 saturated carbocycles. The van der Waals surface area contributed by atoms with Crippen LogP contribution in [-0.4, -0.2) is 34.0 Å². The van der Waals surface area contributed by atoms with E-state index in [4.69, 9.17) is 0 Å². The Morgan fingerprint density at radius 1 is 1.24 bits per heavy atom. The van der Waals surface area contributed by atoms with Crippen LogP contribution in [0.1, 0.15) is 64.7 Å². The van der Waals surface area contributed by atoms with Crippen molar-refractivity contribution in [3.63, 3.8) is 0 Å². The smallest absolute Gasteiger partial charge is 0.310 e. The summed E-state index contributed by atoms with van der Waals surface area (Å²) in [6, 6.07) is 0.246. The fraction of sp³-hybridized carbons (Fsp3) is 0.875. The lowest BCUT2D eigenvalue weighted by Crippen LogP contribution is -2.41. The van der Waals surface area contributed by atoms with Crippen molar-refractivity contribution >= 4 is 23.6 Å². The third kappa shape index (κ3) is 4.38. The van der Waals surface area contributed by atoms with Crippen molar-refractivity contribution < 1.29 is 14.7 Å². The lowest BCUT2D eigenvalue weighted by molar-refractivity contribution is -0.154. The van der Waals surface area contributed by atoms with E-state index < -0.39 is 11.4 Å². The molecule has 2 aliphatic carbocycles. The molecule has 2 atom stereocenters. The Morgan fingerprint density at radius 2 is 1.95 bits per heavy atom. The van der Waals surface area contributed by atoms with Gasteiger partial charge in [0, 0.05) is 17.7 Å². The van der Waals surface area contributed by atoms with Crippen molar-refractivity contribution in [1.82, 2.24) is 5.32 Å². The Morgan fingerprint density at radius 3 is 2.57 bits per heavy atom. The molecule has 2 unspecified atom stereocenters. The molecule has 2 N–H and O–H groups in total. The predicted molar refractivity (Wildman–Crippen MR) is 85.5 cm³/mol. The number of carbonyl (C=O) groups is 2. The van der Waals surface area contributed by atoms with Gasteiger partial charge < -0.3 is 10.4 Å². The molecular weight excluding hydrogens is 286 g/mol. The molecule has 0 aromatic heterocycles. The van der Waals surface area contributed by atoms with Crippen LogP contribution in [0.5, 0.6) is 0 Å². The molecule has 0 heterocycles. The average Bonchev–Trinajstić information content (AvgIpc) is 2.87. The van der Waals surface area contributed by atoms with E-state index >= 15 is 0 Å². The van der Waals surface area contributed by atoms with Crippen molar-refractivity contribution in [3.05, 3.63) is 0 Å². The molecular formula is C16H27NO3S. The number of carboxylic acids is 1. The summed E-state index contributed by atoms with van der Waals surface area (Å²) in [6.07, 6.45) is 7.63. The van der Waals surface area contributed by atoms with Crippen molar-refractivity contribution in [2.75, 3.05) is 5.75 Å². The maximum absolute atomic E-state index is 12.3. The molecule has 0 radical (unpaired) electrons. The first-order valence-electron chi connectivity index (χ1n) is 8.20. The predicted octanol–water partition coefficient (Wildman–Crippen LogP) is 3.20. The van der Waals surface area contributed by atoms with Crippen molar-refractivity contribution in [3.8, 4) is 0 Å². The molecule has 0 saturated heterocycles. The normalized spacial score (nSPS) is 28.2. The number of thioether (sulfide) groups is 1. The minimum atomic E-state index is -0.807. The first kappa shape index (κ1) is 16.7. The Balaban J connectivity index is 1.84.